The second kappa shape index (κ2) is 15.3. The Kier molecular flexibility index (Phi) is 11.2. The van der Waals surface area contributed by atoms with E-state index in [9.17, 15) is 13.2 Å². The molecule has 0 unspecified atom stereocenters. The molecule has 4 aromatic carbocycles. The van der Waals surface area contributed by atoms with Crippen molar-refractivity contribution in [2.75, 3.05) is 24.1 Å². The van der Waals surface area contributed by atoms with E-state index >= 15 is 0 Å². The average molecular weight is 636 g/mol. The molecule has 9 nitrogen and oxygen atoms in total. The predicted octanol–water partition coefficient (Wildman–Crippen LogP) is 6.37. The molecule has 44 heavy (non-hydrogen) atoms. The monoisotopic (exact) mass is 635 g/mol. The van der Waals surface area contributed by atoms with Crippen LogP contribution in [0.25, 0.3) is 0 Å². The van der Waals surface area contributed by atoms with Gasteiger partial charge in [-0.2, -0.15) is 5.10 Å². The van der Waals surface area contributed by atoms with Crippen molar-refractivity contribution >= 4 is 39.4 Å². The van der Waals surface area contributed by atoms with Crippen LogP contribution in [0, 0.1) is 6.92 Å². The smallest absolute Gasteiger partial charge is 0.264 e. The number of carbonyl (C=O) groups is 1. The molecule has 0 aliphatic heterocycles. The van der Waals surface area contributed by atoms with Crippen molar-refractivity contribution in [3.05, 3.63) is 113 Å². The molecule has 0 radical (unpaired) electrons. The van der Waals surface area contributed by atoms with E-state index in [0.717, 1.165) is 15.4 Å². The molecule has 4 aromatic rings. The van der Waals surface area contributed by atoms with E-state index in [1.807, 2.05) is 26.0 Å². The number of nitrogens with zero attached hydrogens (tertiary/aromatic N) is 2. The fourth-order valence-electron chi connectivity index (χ4n) is 4.16. The normalized spacial score (nSPS) is 11.3. The lowest BCUT2D eigenvalue weighted by Gasteiger charge is -2.25. The van der Waals surface area contributed by atoms with Gasteiger partial charge < -0.3 is 14.2 Å². The predicted molar refractivity (Wildman–Crippen MR) is 172 cm³/mol. The van der Waals surface area contributed by atoms with Crippen LogP contribution in [0.4, 0.5) is 5.69 Å². The summed E-state index contributed by atoms with van der Waals surface area (Å²) in [7, 11) is -4.12. The minimum absolute atomic E-state index is 0.0486. The SMILES string of the molecule is CCOc1cc(/C=N/NC(=O)CN(c2ccccc2OCC)S(=O)(=O)c2ccc(C)cc2)ccc1OCc1ccc(Cl)cc1. The summed E-state index contributed by atoms with van der Waals surface area (Å²) < 4.78 is 45.9. The van der Waals surface area contributed by atoms with Crippen LogP contribution >= 0.6 is 11.6 Å². The lowest BCUT2D eigenvalue weighted by atomic mass is 10.2. The maximum atomic E-state index is 13.7. The number of aryl methyl sites for hydroxylation is 1. The molecule has 0 saturated heterocycles. The first-order chi connectivity index (χ1) is 21.2. The minimum atomic E-state index is -4.12. The summed E-state index contributed by atoms with van der Waals surface area (Å²) in [6.07, 6.45) is 1.44. The molecule has 0 bridgehead atoms. The third kappa shape index (κ3) is 8.52. The largest absolute Gasteiger partial charge is 0.492 e. The third-order valence-electron chi connectivity index (χ3n) is 6.31. The number of amides is 1. The molecule has 0 spiro atoms. The van der Waals surface area contributed by atoms with Crippen molar-refractivity contribution in [2.45, 2.75) is 32.3 Å². The van der Waals surface area contributed by atoms with Gasteiger partial charge in [0.1, 0.15) is 18.9 Å². The Morgan fingerprint density at radius 3 is 2.25 bits per heavy atom. The Morgan fingerprint density at radius 2 is 1.55 bits per heavy atom. The topological polar surface area (TPSA) is 107 Å². The van der Waals surface area contributed by atoms with Gasteiger partial charge in [-0.15, -0.1) is 0 Å². The lowest BCUT2D eigenvalue weighted by Crippen LogP contribution is -2.39. The van der Waals surface area contributed by atoms with Gasteiger partial charge in [0, 0.05) is 5.02 Å². The molecule has 1 amide bonds. The molecule has 0 aliphatic rings. The molecule has 0 fully saturated rings. The van der Waals surface area contributed by atoms with Crippen LogP contribution in [0.3, 0.4) is 0 Å². The summed E-state index contributed by atoms with van der Waals surface area (Å²) in [5.41, 5.74) is 5.17. The summed E-state index contributed by atoms with van der Waals surface area (Å²) in [4.78, 5) is 13.1. The fourth-order valence-corrected chi connectivity index (χ4v) is 5.71. The van der Waals surface area contributed by atoms with Crippen LogP contribution < -0.4 is 23.9 Å². The van der Waals surface area contributed by atoms with E-state index < -0.39 is 22.5 Å². The molecule has 230 valence electrons. The zero-order chi connectivity index (χ0) is 31.5. The number of anilines is 1. The van der Waals surface area contributed by atoms with Gasteiger partial charge in [-0.25, -0.2) is 13.8 Å². The highest BCUT2D eigenvalue weighted by Crippen LogP contribution is 2.33. The standard InChI is InChI=1S/C33H34ClN3O6S/c1-4-41-30-9-7-6-8-29(30)37(44(39,40)28-17-10-24(3)11-18-28)22-33(38)36-35-21-26-14-19-31(32(20-26)42-5-2)43-23-25-12-15-27(34)16-13-25/h6-21H,4-5,22-23H2,1-3H3,(H,36,38)/b35-21+. The lowest BCUT2D eigenvalue weighted by molar-refractivity contribution is -0.119. The second-order valence-electron chi connectivity index (χ2n) is 9.57. The van der Waals surface area contributed by atoms with Crippen molar-refractivity contribution in [1.82, 2.24) is 5.43 Å². The quantitative estimate of drug-likeness (QED) is 0.127. The van der Waals surface area contributed by atoms with E-state index in [2.05, 4.69) is 10.5 Å². The van der Waals surface area contributed by atoms with Gasteiger partial charge >= 0.3 is 0 Å². The maximum Gasteiger partial charge on any atom is 0.264 e. The Bertz CT molecular complexity index is 1690. The van der Waals surface area contributed by atoms with E-state index in [1.165, 1.54) is 18.3 Å². The van der Waals surface area contributed by atoms with Crippen molar-refractivity contribution in [2.24, 2.45) is 5.10 Å². The molecule has 4 rings (SSSR count). The number of carbonyl (C=O) groups excluding carboxylic acids is 1. The molecule has 0 aromatic heterocycles. The molecule has 0 saturated carbocycles. The molecule has 1 N–H and O–H groups in total. The van der Waals surface area contributed by atoms with Crippen LogP contribution in [0.2, 0.25) is 5.02 Å². The van der Waals surface area contributed by atoms with E-state index in [-0.39, 0.29) is 10.6 Å². The first kappa shape index (κ1) is 32.4. The Hall–Kier alpha value is -4.54. The summed E-state index contributed by atoms with van der Waals surface area (Å²) in [5, 5.41) is 4.71. The molecule has 0 atom stereocenters. The highest BCUT2D eigenvalue weighted by Gasteiger charge is 2.29. The Labute approximate surface area is 263 Å². The average Bonchev–Trinajstić information content (AvgIpc) is 3.01. The minimum Gasteiger partial charge on any atom is -0.492 e. The number of hydrazone groups is 1. The van der Waals surface area contributed by atoms with E-state index in [4.69, 9.17) is 25.8 Å². The number of benzene rings is 4. The van der Waals surface area contributed by atoms with Crippen LogP contribution in [-0.4, -0.2) is 40.3 Å². The van der Waals surface area contributed by atoms with Crippen LogP contribution in [0.5, 0.6) is 17.2 Å². The summed E-state index contributed by atoms with van der Waals surface area (Å²) >= 11 is 5.96. The summed E-state index contributed by atoms with van der Waals surface area (Å²) in [6, 6.07) is 25.7. The maximum absolute atomic E-state index is 13.7. The van der Waals surface area contributed by atoms with Gasteiger partial charge in [0.05, 0.1) is 30.0 Å². The zero-order valence-corrected chi connectivity index (χ0v) is 26.3. The number of sulfonamides is 1. The summed E-state index contributed by atoms with van der Waals surface area (Å²) in [5.74, 6) is 0.757. The number of halogens is 1. The van der Waals surface area contributed by atoms with Gasteiger partial charge in [0.2, 0.25) is 0 Å². The van der Waals surface area contributed by atoms with Crippen LogP contribution in [0.15, 0.2) is 101 Å². The number of hydrogen-bond donors (Lipinski definition) is 1. The summed E-state index contributed by atoms with van der Waals surface area (Å²) in [6.45, 7) is 6.07. The van der Waals surface area contributed by atoms with Crippen molar-refractivity contribution in [3.63, 3.8) is 0 Å². The first-order valence-corrected chi connectivity index (χ1v) is 15.8. The molecular weight excluding hydrogens is 602 g/mol. The first-order valence-electron chi connectivity index (χ1n) is 14.0. The number of hydrogen-bond acceptors (Lipinski definition) is 7. The molecule has 0 aliphatic carbocycles. The van der Waals surface area contributed by atoms with Crippen molar-refractivity contribution in [3.8, 4) is 17.2 Å². The molecule has 11 heteroatoms. The van der Waals surface area contributed by atoms with Crippen molar-refractivity contribution in [1.29, 1.82) is 0 Å². The fraction of sp³-hybridized carbons (Fsp3) is 0.212. The van der Waals surface area contributed by atoms with Crippen LogP contribution in [0.1, 0.15) is 30.5 Å². The number of nitrogens with one attached hydrogen (secondary N) is 1. The number of ether oxygens (including phenoxy) is 3. The molecular formula is C33H34ClN3O6S. The zero-order valence-electron chi connectivity index (χ0n) is 24.7. The van der Waals surface area contributed by atoms with E-state index in [1.54, 1.807) is 73.7 Å². The highest BCUT2D eigenvalue weighted by atomic mass is 35.5. The van der Waals surface area contributed by atoms with Crippen molar-refractivity contribution < 1.29 is 27.4 Å². The van der Waals surface area contributed by atoms with Gasteiger partial charge in [0.25, 0.3) is 15.9 Å². The third-order valence-corrected chi connectivity index (χ3v) is 8.33. The second-order valence-corrected chi connectivity index (χ2v) is 11.9. The number of rotatable bonds is 14. The number of para-hydroxylation sites is 2. The Morgan fingerprint density at radius 1 is 0.864 bits per heavy atom. The van der Waals surface area contributed by atoms with Crippen LogP contribution in [-0.2, 0) is 21.4 Å². The highest BCUT2D eigenvalue weighted by molar-refractivity contribution is 7.92. The van der Waals surface area contributed by atoms with Gasteiger partial charge in [-0.05, 0) is 86.5 Å². The van der Waals surface area contributed by atoms with E-state index in [0.29, 0.717) is 47.7 Å². The molecule has 0 heterocycles. The van der Waals surface area contributed by atoms with Gasteiger partial charge in [-0.3, -0.25) is 9.10 Å². The van der Waals surface area contributed by atoms with Gasteiger partial charge in [0.15, 0.2) is 11.5 Å². The van der Waals surface area contributed by atoms with Gasteiger partial charge in [-0.1, -0.05) is 53.6 Å². The Balaban J connectivity index is 1.50.